The normalized spacial score (nSPS) is 14.2. The zero-order valence-electron chi connectivity index (χ0n) is 23.3. The van der Waals surface area contributed by atoms with Crippen molar-refractivity contribution < 1.29 is 45.1 Å². The van der Waals surface area contributed by atoms with Crippen molar-refractivity contribution in [2.24, 2.45) is 0 Å². The highest BCUT2D eigenvalue weighted by molar-refractivity contribution is 7.89. The van der Waals surface area contributed by atoms with Gasteiger partial charge in [-0.15, -0.1) is 0 Å². The summed E-state index contributed by atoms with van der Waals surface area (Å²) in [5, 5.41) is 9.34. The van der Waals surface area contributed by atoms with E-state index in [9.17, 15) is 45.1 Å². The van der Waals surface area contributed by atoms with E-state index in [-0.39, 0.29) is 22.1 Å². The minimum absolute atomic E-state index is 0.0588. The summed E-state index contributed by atoms with van der Waals surface area (Å²) >= 11 is 0. The van der Waals surface area contributed by atoms with Gasteiger partial charge >= 0.3 is 5.97 Å². The Morgan fingerprint density at radius 3 is 1.95 bits per heavy atom. The van der Waals surface area contributed by atoms with Crippen LogP contribution in [-0.4, -0.2) is 43.3 Å². The highest BCUT2D eigenvalue weighted by Crippen LogP contribution is 2.33. The van der Waals surface area contributed by atoms with E-state index < -0.39 is 62.4 Å². The Kier molecular flexibility index (Phi) is 9.55. The summed E-state index contributed by atoms with van der Waals surface area (Å²) in [7, 11) is -4.61. The predicted molar refractivity (Wildman–Crippen MR) is 148 cm³/mol. The van der Waals surface area contributed by atoms with Gasteiger partial charge in [-0.25, -0.2) is 35.2 Å². The molecule has 0 radical (unpaired) electrons. The molecule has 0 atom stereocenters. The first-order chi connectivity index (χ1) is 20.2. The lowest BCUT2D eigenvalue weighted by atomic mass is 9.84. The fourth-order valence-electron chi connectivity index (χ4n) is 5.24. The number of carboxylic acid groups (broad SMARTS) is 1. The molecule has 0 aliphatic heterocycles. The lowest BCUT2D eigenvalue weighted by molar-refractivity contribution is -0.118. The van der Waals surface area contributed by atoms with E-state index in [1.54, 1.807) is 6.92 Å². The summed E-state index contributed by atoms with van der Waals surface area (Å²) in [5.41, 5.74) is 2.33. The van der Waals surface area contributed by atoms with Gasteiger partial charge in [0.1, 0.15) is 0 Å². The molecule has 0 unspecified atom stereocenters. The van der Waals surface area contributed by atoms with Gasteiger partial charge in [0.25, 0.3) is 0 Å². The molecule has 1 aliphatic carbocycles. The number of halogens is 5. The number of amides is 1. The Morgan fingerprint density at radius 1 is 0.860 bits per heavy atom. The summed E-state index contributed by atoms with van der Waals surface area (Å²) < 4.78 is 95.9. The molecule has 0 saturated heterocycles. The molecule has 3 aromatic rings. The third-order valence-corrected chi connectivity index (χ3v) is 9.45. The summed E-state index contributed by atoms with van der Waals surface area (Å²) in [6, 6.07) is 11.5. The fourth-order valence-corrected chi connectivity index (χ4v) is 6.46. The van der Waals surface area contributed by atoms with Crippen molar-refractivity contribution in [3.8, 4) is 0 Å². The predicted octanol–water partition coefficient (Wildman–Crippen LogP) is 6.29. The van der Waals surface area contributed by atoms with Crippen LogP contribution >= 0.6 is 0 Å². The van der Waals surface area contributed by atoms with Gasteiger partial charge in [0.2, 0.25) is 21.7 Å². The number of hydrogen-bond donors (Lipinski definition) is 1. The first kappa shape index (κ1) is 32.1. The number of nitrogens with zero attached hydrogens (tertiary/aromatic N) is 2. The van der Waals surface area contributed by atoms with E-state index in [1.165, 1.54) is 29.5 Å². The molecular weight excluding hydrogens is 595 g/mol. The summed E-state index contributed by atoms with van der Waals surface area (Å²) in [4.78, 5) is 24.1. The van der Waals surface area contributed by atoms with Crippen LogP contribution in [0.3, 0.4) is 0 Å². The van der Waals surface area contributed by atoms with Crippen LogP contribution in [0, 0.1) is 36.0 Å². The Hall–Kier alpha value is -3.84. The zero-order valence-corrected chi connectivity index (χ0v) is 24.2. The molecule has 1 N–H and O–H groups in total. The molecule has 0 spiro atoms. The molecule has 0 heterocycles. The van der Waals surface area contributed by atoms with Gasteiger partial charge in [0.15, 0.2) is 28.2 Å². The molecule has 43 heavy (non-hydrogen) atoms. The average molecular weight is 625 g/mol. The Morgan fingerprint density at radius 2 is 1.42 bits per heavy atom. The number of rotatable bonds is 9. The van der Waals surface area contributed by atoms with E-state index in [1.807, 2.05) is 24.3 Å². The molecule has 230 valence electrons. The Bertz CT molecular complexity index is 1630. The van der Waals surface area contributed by atoms with Crippen LogP contribution in [0.2, 0.25) is 0 Å². The monoisotopic (exact) mass is 624 g/mol. The second-order valence-electron chi connectivity index (χ2n) is 10.5. The van der Waals surface area contributed by atoms with Crippen LogP contribution in [0.25, 0.3) is 0 Å². The maximum absolute atomic E-state index is 14.4. The standard InChI is InChI=1S/C30H29F5N2O5S/c1-17-14-21(30(39)40)12-13-22(17)37(15-18-8-10-20(11-9-18)19-6-4-3-5-7-19)23(38)16-36(2)43(41,42)29-27(34)25(32)24(31)26(33)28(29)35/h8-14,19H,3-7,15-16H2,1-2H3,(H,39,40). The molecule has 1 aliphatic rings. The van der Waals surface area contributed by atoms with E-state index in [0.29, 0.717) is 17.0 Å². The molecule has 0 aromatic heterocycles. The summed E-state index contributed by atoms with van der Waals surface area (Å²) in [5.74, 6) is -14.2. The van der Waals surface area contributed by atoms with Gasteiger partial charge in [0.05, 0.1) is 18.7 Å². The van der Waals surface area contributed by atoms with E-state index >= 15 is 0 Å². The molecular formula is C30H29F5N2O5S. The van der Waals surface area contributed by atoms with Gasteiger partial charge < -0.3 is 10.0 Å². The SMILES string of the molecule is Cc1cc(C(=O)O)ccc1N(Cc1ccc(C2CCCCC2)cc1)C(=O)CN(C)S(=O)(=O)c1c(F)c(F)c(F)c(F)c1F. The Balaban J connectivity index is 1.67. The molecule has 4 rings (SSSR count). The topological polar surface area (TPSA) is 95.0 Å². The highest BCUT2D eigenvalue weighted by Gasteiger charge is 2.37. The van der Waals surface area contributed by atoms with Gasteiger partial charge in [-0.3, -0.25) is 4.79 Å². The van der Waals surface area contributed by atoms with Crippen LogP contribution in [-0.2, 0) is 21.4 Å². The number of carboxylic acids is 1. The second-order valence-corrected chi connectivity index (χ2v) is 12.5. The number of aromatic carboxylic acids is 1. The number of sulfonamides is 1. The van der Waals surface area contributed by atoms with Crippen LogP contribution in [0.4, 0.5) is 27.6 Å². The van der Waals surface area contributed by atoms with Crippen LogP contribution in [0.15, 0.2) is 47.4 Å². The van der Waals surface area contributed by atoms with Crippen molar-refractivity contribution >= 4 is 27.6 Å². The summed E-state index contributed by atoms with van der Waals surface area (Å²) in [6.07, 6.45) is 5.62. The number of benzene rings is 3. The fraction of sp³-hybridized carbons (Fsp3) is 0.333. The number of anilines is 1. The van der Waals surface area contributed by atoms with E-state index in [2.05, 4.69) is 0 Å². The molecule has 7 nitrogen and oxygen atoms in total. The molecule has 3 aromatic carbocycles. The quantitative estimate of drug-likeness (QED) is 0.172. The number of carbonyl (C=O) groups is 2. The lowest BCUT2D eigenvalue weighted by Crippen LogP contribution is -2.41. The molecule has 0 bridgehead atoms. The van der Waals surface area contributed by atoms with Gasteiger partial charge in [-0.05, 0) is 60.6 Å². The number of hydrogen-bond acceptors (Lipinski definition) is 4. The maximum atomic E-state index is 14.4. The van der Waals surface area contributed by atoms with Gasteiger partial charge in [0, 0.05) is 12.7 Å². The van der Waals surface area contributed by atoms with E-state index in [0.717, 1.165) is 38.3 Å². The molecule has 1 saturated carbocycles. The van der Waals surface area contributed by atoms with Crippen LogP contribution < -0.4 is 4.90 Å². The number of likely N-dealkylation sites (N-methyl/N-ethyl adjacent to an activating group) is 1. The second kappa shape index (κ2) is 12.8. The van der Waals surface area contributed by atoms with Crippen LogP contribution in [0.1, 0.15) is 65.1 Å². The van der Waals surface area contributed by atoms with Crippen molar-refractivity contribution in [1.29, 1.82) is 0 Å². The Labute approximate surface area is 245 Å². The molecule has 1 fully saturated rings. The van der Waals surface area contributed by atoms with Crippen LogP contribution in [0.5, 0.6) is 0 Å². The smallest absolute Gasteiger partial charge is 0.335 e. The number of carbonyl (C=O) groups excluding carboxylic acids is 1. The molecule has 1 amide bonds. The third kappa shape index (κ3) is 6.57. The first-order valence-corrected chi connectivity index (χ1v) is 14.9. The van der Waals surface area contributed by atoms with Crippen molar-refractivity contribution in [3.05, 3.63) is 93.8 Å². The van der Waals surface area contributed by atoms with Crippen molar-refractivity contribution in [3.63, 3.8) is 0 Å². The number of aryl methyl sites for hydroxylation is 1. The lowest BCUT2D eigenvalue weighted by Gasteiger charge is -2.28. The van der Waals surface area contributed by atoms with Crippen molar-refractivity contribution in [2.75, 3.05) is 18.5 Å². The minimum Gasteiger partial charge on any atom is -0.478 e. The van der Waals surface area contributed by atoms with Crippen molar-refractivity contribution in [2.45, 2.75) is 56.4 Å². The van der Waals surface area contributed by atoms with Gasteiger partial charge in [-0.2, -0.15) is 4.31 Å². The van der Waals surface area contributed by atoms with Crippen molar-refractivity contribution in [1.82, 2.24) is 4.31 Å². The van der Waals surface area contributed by atoms with E-state index in [4.69, 9.17) is 0 Å². The molecule has 13 heteroatoms. The third-order valence-electron chi connectivity index (χ3n) is 7.63. The first-order valence-electron chi connectivity index (χ1n) is 13.4. The largest absolute Gasteiger partial charge is 0.478 e. The average Bonchev–Trinajstić information content (AvgIpc) is 2.98. The maximum Gasteiger partial charge on any atom is 0.335 e. The van der Waals surface area contributed by atoms with Gasteiger partial charge in [-0.1, -0.05) is 43.5 Å². The zero-order chi connectivity index (χ0) is 31.6. The summed E-state index contributed by atoms with van der Waals surface area (Å²) in [6.45, 7) is 0.416. The highest BCUT2D eigenvalue weighted by atomic mass is 32.2. The minimum atomic E-state index is -5.38.